The lowest BCUT2D eigenvalue weighted by atomic mass is 10.1. The average molecular weight is 279 g/mol. The Morgan fingerprint density at radius 1 is 1.25 bits per heavy atom. The number of nitrogens with zero attached hydrogens (tertiary/aromatic N) is 3. The van der Waals surface area contributed by atoms with E-state index in [0.29, 0.717) is 11.5 Å². The molecule has 0 bridgehead atoms. The highest BCUT2D eigenvalue weighted by atomic mass is 16.6. The molecule has 0 aromatic carbocycles. The predicted octanol–water partition coefficient (Wildman–Crippen LogP) is -0.340. The standard InChI is InChI=1S/C13H17N3O4/c1-6-8-3-4-16(12(8)15-7(2)14-6)13-11(19)10(18)9(5-17)20-13/h3-4,9-11,13,17-19H,5H2,1-2H3/t9-,10?,11?,13-/m1/s1. The molecule has 2 unspecified atom stereocenters. The molecule has 0 spiro atoms. The Balaban J connectivity index is 2.07. The molecular weight excluding hydrogens is 262 g/mol. The van der Waals surface area contributed by atoms with Gasteiger partial charge in [0, 0.05) is 11.6 Å². The van der Waals surface area contributed by atoms with Crippen LogP contribution in [-0.4, -0.2) is 54.8 Å². The molecule has 3 rings (SSSR count). The van der Waals surface area contributed by atoms with Gasteiger partial charge in [-0.2, -0.15) is 0 Å². The molecule has 1 saturated heterocycles. The smallest absolute Gasteiger partial charge is 0.164 e. The third-order valence-electron chi connectivity index (χ3n) is 3.67. The topological polar surface area (TPSA) is 101 Å². The van der Waals surface area contributed by atoms with Crippen LogP contribution < -0.4 is 0 Å². The first-order valence-electron chi connectivity index (χ1n) is 6.47. The van der Waals surface area contributed by atoms with Crippen molar-refractivity contribution in [1.82, 2.24) is 14.5 Å². The molecule has 0 amide bonds. The Morgan fingerprint density at radius 3 is 2.65 bits per heavy atom. The number of fused-ring (bicyclic) bond motifs is 1. The Kier molecular flexibility index (Phi) is 3.21. The van der Waals surface area contributed by atoms with E-state index >= 15 is 0 Å². The third-order valence-corrected chi connectivity index (χ3v) is 3.67. The molecule has 3 N–H and O–H groups in total. The molecule has 0 aliphatic carbocycles. The molecule has 2 aromatic heterocycles. The summed E-state index contributed by atoms with van der Waals surface area (Å²) < 4.78 is 7.19. The van der Waals surface area contributed by atoms with Crippen LogP contribution in [0.1, 0.15) is 17.7 Å². The minimum Gasteiger partial charge on any atom is -0.394 e. The van der Waals surface area contributed by atoms with E-state index in [-0.39, 0.29) is 6.61 Å². The molecule has 1 aliphatic heterocycles. The summed E-state index contributed by atoms with van der Waals surface area (Å²) in [5.74, 6) is 0.627. The van der Waals surface area contributed by atoms with Crippen LogP contribution >= 0.6 is 0 Å². The van der Waals surface area contributed by atoms with E-state index in [1.807, 2.05) is 13.0 Å². The van der Waals surface area contributed by atoms with Crippen LogP contribution in [0.15, 0.2) is 12.3 Å². The summed E-state index contributed by atoms with van der Waals surface area (Å²) in [5, 5.41) is 29.9. The summed E-state index contributed by atoms with van der Waals surface area (Å²) >= 11 is 0. The summed E-state index contributed by atoms with van der Waals surface area (Å²) in [7, 11) is 0. The van der Waals surface area contributed by atoms with Gasteiger partial charge in [0.15, 0.2) is 6.23 Å². The van der Waals surface area contributed by atoms with Gasteiger partial charge in [0.1, 0.15) is 29.8 Å². The van der Waals surface area contributed by atoms with Crippen LogP contribution in [0.5, 0.6) is 0 Å². The summed E-state index contributed by atoms with van der Waals surface area (Å²) in [5.41, 5.74) is 1.49. The summed E-state index contributed by atoms with van der Waals surface area (Å²) in [4.78, 5) is 8.66. The van der Waals surface area contributed by atoms with Crippen molar-refractivity contribution in [3.8, 4) is 0 Å². The lowest BCUT2D eigenvalue weighted by Crippen LogP contribution is -2.33. The van der Waals surface area contributed by atoms with Gasteiger partial charge in [0.05, 0.1) is 12.3 Å². The van der Waals surface area contributed by atoms with E-state index in [9.17, 15) is 10.2 Å². The maximum Gasteiger partial charge on any atom is 0.164 e. The third kappa shape index (κ3) is 1.90. The van der Waals surface area contributed by atoms with Crippen molar-refractivity contribution in [3.63, 3.8) is 0 Å². The van der Waals surface area contributed by atoms with Crippen LogP contribution in [-0.2, 0) is 4.74 Å². The van der Waals surface area contributed by atoms with Gasteiger partial charge in [-0.3, -0.25) is 0 Å². The van der Waals surface area contributed by atoms with E-state index < -0.39 is 24.5 Å². The molecular formula is C13H17N3O4. The number of aliphatic hydroxyl groups is 3. The maximum atomic E-state index is 10.1. The molecule has 1 aliphatic rings. The van der Waals surface area contributed by atoms with Gasteiger partial charge in [0.25, 0.3) is 0 Å². The van der Waals surface area contributed by atoms with Gasteiger partial charge in [0.2, 0.25) is 0 Å². The van der Waals surface area contributed by atoms with Crippen LogP contribution in [0.2, 0.25) is 0 Å². The van der Waals surface area contributed by atoms with Crippen molar-refractivity contribution in [3.05, 3.63) is 23.8 Å². The van der Waals surface area contributed by atoms with E-state index in [1.165, 1.54) is 0 Å². The number of hydrogen-bond donors (Lipinski definition) is 3. The number of rotatable bonds is 2. The summed E-state index contributed by atoms with van der Waals surface area (Å²) in [6, 6.07) is 1.85. The van der Waals surface area contributed by atoms with Crippen molar-refractivity contribution < 1.29 is 20.1 Å². The SMILES string of the molecule is Cc1nc(C)c2ccn([C@@H]3O[C@H](CO)C(O)C3O)c2n1. The minimum absolute atomic E-state index is 0.346. The fourth-order valence-corrected chi connectivity index (χ4v) is 2.64. The molecule has 3 heterocycles. The molecule has 0 radical (unpaired) electrons. The zero-order valence-corrected chi connectivity index (χ0v) is 11.3. The number of aryl methyl sites for hydroxylation is 2. The van der Waals surface area contributed by atoms with Crippen LogP contribution in [0.3, 0.4) is 0 Å². The number of aliphatic hydroxyl groups excluding tert-OH is 3. The number of hydrogen-bond acceptors (Lipinski definition) is 6. The molecule has 7 heteroatoms. The van der Waals surface area contributed by atoms with Crippen molar-refractivity contribution in [2.24, 2.45) is 0 Å². The molecule has 0 saturated carbocycles. The highest BCUT2D eigenvalue weighted by Crippen LogP contribution is 2.32. The lowest BCUT2D eigenvalue weighted by Gasteiger charge is -2.17. The first-order chi connectivity index (χ1) is 9.52. The largest absolute Gasteiger partial charge is 0.394 e. The second-order valence-electron chi connectivity index (χ2n) is 5.05. The molecule has 7 nitrogen and oxygen atoms in total. The van der Waals surface area contributed by atoms with Gasteiger partial charge in [-0.05, 0) is 19.9 Å². The molecule has 20 heavy (non-hydrogen) atoms. The van der Waals surface area contributed by atoms with Gasteiger partial charge in [-0.25, -0.2) is 9.97 Å². The second-order valence-corrected chi connectivity index (χ2v) is 5.05. The highest BCUT2D eigenvalue weighted by Gasteiger charge is 2.43. The van der Waals surface area contributed by atoms with Gasteiger partial charge in [-0.1, -0.05) is 0 Å². The molecule has 2 aromatic rings. The van der Waals surface area contributed by atoms with E-state index in [0.717, 1.165) is 11.1 Å². The van der Waals surface area contributed by atoms with E-state index in [2.05, 4.69) is 9.97 Å². The molecule has 1 fully saturated rings. The summed E-state index contributed by atoms with van der Waals surface area (Å²) in [6.45, 7) is 3.33. The van der Waals surface area contributed by atoms with Gasteiger partial charge < -0.3 is 24.6 Å². The van der Waals surface area contributed by atoms with Crippen LogP contribution in [0.4, 0.5) is 0 Å². The highest BCUT2D eigenvalue weighted by molar-refractivity contribution is 5.78. The number of aromatic nitrogens is 3. The van der Waals surface area contributed by atoms with Crippen LogP contribution in [0, 0.1) is 13.8 Å². The fourth-order valence-electron chi connectivity index (χ4n) is 2.64. The van der Waals surface area contributed by atoms with Crippen molar-refractivity contribution >= 4 is 11.0 Å². The lowest BCUT2D eigenvalue weighted by molar-refractivity contribution is -0.0508. The minimum atomic E-state index is -1.12. The normalized spacial score (nSPS) is 30.2. The quantitative estimate of drug-likeness (QED) is 0.695. The second kappa shape index (κ2) is 4.78. The van der Waals surface area contributed by atoms with Gasteiger partial charge >= 0.3 is 0 Å². The van der Waals surface area contributed by atoms with Gasteiger partial charge in [-0.15, -0.1) is 0 Å². The Labute approximate surface area is 115 Å². The van der Waals surface area contributed by atoms with Crippen LogP contribution in [0.25, 0.3) is 11.0 Å². The molecule has 4 atom stereocenters. The average Bonchev–Trinajstić information content (AvgIpc) is 2.93. The number of ether oxygens (including phenoxy) is 1. The Hall–Kier alpha value is -1.54. The first kappa shape index (κ1) is 13.4. The van der Waals surface area contributed by atoms with Crippen molar-refractivity contribution in [1.29, 1.82) is 0 Å². The predicted molar refractivity (Wildman–Crippen MR) is 70.0 cm³/mol. The Morgan fingerprint density at radius 2 is 2.00 bits per heavy atom. The van der Waals surface area contributed by atoms with Crippen molar-refractivity contribution in [2.75, 3.05) is 6.61 Å². The summed E-state index contributed by atoms with van der Waals surface area (Å²) in [6.07, 6.45) is -2.05. The van der Waals surface area contributed by atoms with E-state index in [1.54, 1.807) is 17.7 Å². The van der Waals surface area contributed by atoms with Crippen molar-refractivity contribution in [2.45, 2.75) is 38.4 Å². The first-order valence-corrected chi connectivity index (χ1v) is 6.47. The molecule has 108 valence electrons. The zero-order valence-electron chi connectivity index (χ0n) is 11.3. The zero-order chi connectivity index (χ0) is 14.4. The fraction of sp³-hybridized carbons (Fsp3) is 0.538. The van der Waals surface area contributed by atoms with E-state index in [4.69, 9.17) is 9.84 Å². The maximum absolute atomic E-state index is 10.1. The monoisotopic (exact) mass is 279 g/mol. The Bertz CT molecular complexity index is 642.